The van der Waals surface area contributed by atoms with Crippen LogP contribution in [0.5, 0.6) is 0 Å². The van der Waals surface area contributed by atoms with Crippen LogP contribution in [0.4, 0.5) is 17.5 Å². The summed E-state index contributed by atoms with van der Waals surface area (Å²) >= 11 is 0. The zero-order valence-corrected chi connectivity index (χ0v) is 17.4. The summed E-state index contributed by atoms with van der Waals surface area (Å²) in [4.78, 5) is 16.2. The monoisotopic (exact) mass is 380 g/mol. The van der Waals surface area contributed by atoms with Crippen molar-refractivity contribution in [3.05, 3.63) is 41.1 Å². The maximum absolute atomic E-state index is 5.83. The van der Waals surface area contributed by atoms with Crippen LogP contribution in [0.3, 0.4) is 0 Å². The highest BCUT2D eigenvalue weighted by Crippen LogP contribution is 2.28. The minimum absolute atomic E-state index is 0.372. The van der Waals surface area contributed by atoms with Gasteiger partial charge in [-0.25, -0.2) is 4.98 Å². The molecule has 28 heavy (non-hydrogen) atoms. The molecule has 4 rings (SSSR count). The summed E-state index contributed by atoms with van der Waals surface area (Å²) in [5.41, 5.74) is 11.0. The lowest BCUT2D eigenvalue weighted by Gasteiger charge is -2.43. The van der Waals surface area contributed by atoms with E-state index in [-0.39, 0.29) is 0 Å². The van der Waals surface area contributed by atoms with Gasteiger partial charge in [-0.05, 0) is 50.8 Å². The SMILES string of the molecule is Cc1cc(N2CCN(C3CCN(c4cccc(C)c4C)CC3)CC2)nc(N)n1. The maximum atomic E-state index is 5.83. The highest BCUT2D eigenvalue weighted by atomic mass is 15.3. The van der Waals surface area contributed by atoms with Crippen LogP contribution in [0.1, 0.15) is 29.7 Å². The molecule has 1 aromatic heterocycles. The fourth-order valence-electron chi connectivity index (χ4n) is 4.60. The Morgan fingerprint density at radius 1 is 0.893 bits per heavy atom. The lowest BCUT2D eigenvalue weighted by atomic mass is 9.99. The number of benzene rings is 1. The summed E-state index contributed by atoms with van der Waals surface area (Å²) in [6.45, 7) is 12.9. The van der Waals surface area contributed by atoms with Crippen molar-refractivity contribution in [2.75, 3.05) is 54.8 Å². The van der Waals surface area contributed by atoms with Crippen molar-refractivity contribution in [3.63, 3.8) is 0 Å². The van der Waals surface area contributed by atoms with Crippen LogP contribution in [0.25, 0.3) is 0 Å². The van der Waals surface area contributed by atoms with Crippen molar-refractivity contribution < 1.29 is 0 Å². The van der Waals surface area contributed by atoms with Crippen LogP contribution >= 0.6 is 0 Å². The fourth-order valence-corrected chi connectivity index (χ4v) is 4.60. The van der Waals surface area contributed by atoms with Gasteiger partial charge < -0.3 is 15.5 Å². The maximum Gasteiger partial charge on any atom is 0.222 e. The van der Waals surface area contributed by atoms with Gasteiger partial charge in [-0.2, -0.15) is 4.98 Å². The van der Waals surface area contributed by atoms with E-state index in [2.05, 4.69) is 56.7 Å². The second-order valence-electron chi connectivity index (χ2n) is 8.19. The fraction of sp³-hybridized carbons (Fsp3) is 0.545. The van der Waals surface area contributed by atoms with Crippen LogP contribution in [0.2, 0.25) is 0 Å². The molecule has 6 heteroatoms. The Morgan fingerprint density at radius 2 is 1.61 bits per heavy atom. The molecule has 0 bridgehead atoms. The van der Waals surface area contributed by atoms with Gasteiger partial charge in [-0.1, -0.05) is 12.1 Å². The number of aromatic nitrogens is 2. The second kappa shape index (κ2) is 7.95. The van der Waals surface area contributed by atoms with Gasteiger partial charge in [-0.15, -0.1) is 0 Å². The van der Waals surface area contributed by atoms with Crippen molar-refractivity contribution in [3.8, 4) is 0 Å². The van der Waals surface area contributed by atoms with Crippen LogP contribution < -0.4 is 15.5 Å². The molecule has 6 nitrogen and oxygen atoms in total. The highest BCUT2D eigenvalue weighted by Gasteiger charge is 2.28. The van der Waals surface area contributed by atoms with Gasteiger partial charge in [0.15, 0.2) is 0 Å². The molecule has 0 radical (unpaired) electrons. The molecular formula is C22H32N6. The Bertz CT molecular complexity index is 800. The predicted molar refractivity (Wildman–Crippen MR) is 116 cm³/mol. The smallest absolute Gasteiger partial charge is 0.222 e. The molecule has 0 amide bonds. The molecule has 0 saturated carbocycles. The number of hydrogen-bond acceptors (Lipinski definition) is 6. The van der Waals surface area contributed by atoms with E-state index >= 15 is 0 Å². The largest absolute Gasteiger partial charge is 0.371 e. The number of hydrogen-bond donors (Lipinski definition) is 1. The highest BCUT2D eigenvalue weighted by molar-refractivity contribution is 5.56. The van der Waals surface area contributed by atoms with E-state index in [9.17, 15) is 0 Å². The Labute approximate surface area is 168 Å². The number of nitrogens with two attached hydrogens (primary N) is 1. The lowest BCUT2D eigenvalue weighted by Crippen LogP contribution is -2.53. The minimum atomic E-state index is 0.372. The first-order valence-electron chi connectivity index (χ1n) is 10.4. The normalized spacial score (nSPS) is 19.2. The summed E-state index contributed by atoms with van der Waals surface area (Å²) in [5.74, 6) is 1.34. The van der Waals surface area contributed by atoms with Crippen LogP contribution in [0.15, 0.2) is 24.3 Å². The number of nitrogens with zero attached hydrogens (tertiary/aromatic N) is 5. The average molecular weight is 381 g/mol. The molecule has 0 aliphatic carbocycles. The van der Waals surface area contributed by atoms with E-state index in [1.807, 2.05) is 13.0 Å². The first kappa shape index (κ1) is 19.0. The van der Waals surface area contributed by atoms with Crippen molar-refractivity contribution in [1.29, 1.82) is 0 Å². The Morgan fingerprint density at radius 3 is 2.29 bits per heavy atom. The van der Waals surface area contributed by atoms with Crippen LogP contribution in [-0.2, 0) is 0 Å². The molecular weight excluding hydrogens is 348 g/mol. The first-order valence-corrected chi connectivity index (χ1v) is 10.4. The molecule has 0 unspecified atom stereocenters. The summed E-state index contributed by atoms with van der Waals surface area (Å²) in [6.07, 6.45) is 2.49. The molecule has 150 valence electrons. The molecule has 3 heterocycles. The third-order valence-electron chi connectivity index (χ3n) is 6.39. The zero-order valence-electron chi connectivity index (χ0n) is 17.4. The molecule has 2 N–H and O–H groups in total. The predicted octanol–water partition coefficient (Wildman–Crippen LogP) is 2.78. The number of rotatable bonds is 3. The van der Waals surface area contributed by atoms with Gasteiger partial charge in [-0.3, -0.25) is 4.90 Å². The molecule has 1 aromatic carbocycles. The summed E-state index contributed by atoms with van der Waals surface area (Å²) in [5, 5.41) is 0. The van der Waals surface area contributed by atoms with Gasteiger partial charge in [0, 0.05) is 62.8 Å². The number of aryl methyl sites for hydroxylation is 2. The van der Waals surface area contributed by atoms with E-state index in [0.717, 1.165) is 50.8 Å². The Balaban J connectivity index is 1.32. The van der Waals surface area contributed by atoms with E-state index < -0.39 is 0 Å². The van der Waals surface area contributed by atoms with Gasteiger partial charge in [0.05, 0.1) is 0 Å². The Hall–Kier alpha value is -2.34. The summed E-state index contributed by atoms with van der Waals surface area (Å²) < 4.78 is 0. The van der Waals surface area contributed by atoms with Crippen molar-refractivity contribution in [2.24, 2.45) is 0 Å². The van der Waals surface area contributed by atoms with Crippen molar-refractivity contribution in [1.82, 2.24) is 14.9 Å². The molecule has 2 saturated heterocycles. The van der Waals surface area contributed by atoms with E-state index in [4.69, 9.17) is 5.73 Å². The minimum Gasteiger partial charge on any atom is -0.371 e. The third kappa shape index (κ3) is 3.92. The molecule has 2 fully saturated rings. The van der Waals surface area contributed by atoms with Gasteiger partial charge >= 0.3 is 0 Å². The zero-order chi connectivity index (χ0) is 19.7. The quantitative estimate of drug-likeness (QED) is 0.884. The van der Waals surface area contributed by atoms with Crippen LogP contribution in [-0.4, -0.2) is 60.2 Å². The lowest BCUT2D eigenvalue weighted by molar-refractivity contribution is 0.159. The van der Waals surface area contributed by atoms with Gasteiger partial charge in [0.25, 0.3) is 0 Å². The molecule has 0 spiro atoms. The van der Waals surface area contributed by atoms with E-state index in [1.54, 1.807) is 0 Å². The standard InChI is InChI=1S/C22H32N6/c1-16-5-4-6-20(18(16)3)27-9-7-19(8-10-27)26-11-13-28(14-12-26)21-15-17(2)24-22(23)25-21/h4-6,15,19H,7-14H2,1-3H3,(H2,23,24,25). The number of nitrogen functional groups attached to an aromatic ring is 1. The van der Waals surface area contributed by atoms with Gasteiger partial charge in [0.1, 0.15) is 5.82 Å². The Kier molecular flexibility index (Phi) is 5.40. The number of piperidine rings is 1. The van der Waals surface area contributed by atoms with Crippen LogP contribution in [0, 0.1) is 20.8 Å². The number of piperazine rings is 1. The molecule has 2 aliphatic rings. The van der Waals surface area contributed by atoms with E-state index in [1.165, 1.54) is 29.7 Å². The summed E-state index contributed by atoms with van der Waals surface area (Å²) in [7, 11) is 0. The average Bonchev–Trinajstić information content (AvgIpc) is 2.70. The van der Waals surface area contributed by atoms with Gasteiger partial charge in [0.2, 0.25) is 5.95 Å². The second-order valence-corrected chi connectivity index (χ2v) is 8.19. The first-order chi connectivity index (χ1) is 13.5. The van der Waals surface area contributed by atoms with Crippen molar-refractivity contribution in [2.45, 2.75) is 39.7 Å². The molecule has 2 aliphatic heterocycles. The third-order valence-corrected chi connectivity index (χ3v) is 6.39. The summed E-state index contributed by atoms with van der Waals surface area (Å²) in [6, 6.07) is 9.40. The molecule has 0 atom stereocenters. The van der Waals surface area contributed by atoms with Crippen molar-refractivity contribution >= 4 is 17.5 Å². The topological polar surface area (TPSA) is 61.5 Å². The molecule has 2 aromatic rings. The number of anilines is 3. The van der Waals surface area contributed by atoms with E-state index in [0.29, 0.717) is 12.0 Å².